The molecule has 2 unspecified atom stereocenters. The summed E-state index contributed by atoms with van der Waals surface area (Å²) in [6, 6.07) is 28.0. The Morgan fingerprint density at radius 1 is 0.662 bits per heavy atom. The van der Waals surface area contributed by atoms with Crippen molar-refractivity contribution in [2.45, 2.75) is 120 Å². The monoisotopic (exact) mass is 1000 g/mol. The summed E-state index contributed by atoms with van der Waals surface area (Å²) >= 11 is 17.5. The average molecular weight is 1010 g/mol. The topological polar surface area (TPSA) is 73.2 Å². The standard InChI is InChI=1S/C26H29ClF3NO.C14H18F3N.C12H12Cl2O.C2H3N/c27-23-12-10-21(11-13-23)25(14-2-15-25)24(32)18-31-16-1-3-20(17-31)5-4-19-6-8-22(9-7-19)26(28,29)30;15-14(16,17)13-7-5-11(6-8-13)3-4-12-2-1-9-18-10-12;13-8-11(15)12(6-1-7-12)9-2-4-10(14)5-3-9;1-2-3/h6-13,20H,1-5,14-18H2;5-8,12,18H,1-4,9-10H2;2-5H,1,6-8H2;1H3. The number of hydrogen-bond donors (Lipinski definition) is 1. The number of nitrogens with zero attached hydrogens (tertiary/aromatic N) is 2. The molecular weight excluding hydrogens is 943 g/mol. The van der Waals surface area contributed by atoms with Crippen molar-refractivity contribution in [1.82, 2.24) is 10.2 Å². The number of alkyl halides is 7. The number of ketones is 2. The maximum atomic E-state index is 13.3. The fourth-order valence-electron chi connectivity index (χ4n) is 9.70. The summed E-state index contributed by atoms with van der Waals surface area (Å²) in [6.07, 6.45) is 5.50. The highest BCUT2D eigenvalue weighted by Gasteiger charge is 2.46. The number of likely N-dealkylation sites (tertiary alicyclic amines) is 1. The third-order valence-electron chi connectivity index (χ3n) is 14.0. The minimum Gasteiger partial charge on any atom is -0.316 e. The normalized spacial score (nSPS) is 19.7. The third kappa shape index (κ3) is 15.5. The lowest BCUT2D eigenvalue weighted by atomic mass is 9.61. The maximum Gasteiger partial charge on any atom is 0.416 e. The first kappa shape index (κ1) is 55.0. The lowest BCUT2D eigenvalue weighted by Crippen LogP contribution is -2.49. The first-order valence-electron chi connectivity index (χ1n) is 23.6. The minimum absolute atomic E-state index is 0.0998. The van der Waals surface area contributed by atoms with Crippen LogP contribution in [0.4, 0.5) is 26.3 Å². The third-order valence-corrected chi connectivity index (χ3v) is 14.8. The molecule has 2 saturated carbocycles. The highest BCUT2D eigenvalue weighted by Crippen LogP contribution is 2.46. The van der Waals surface area contributed by atoms with Gasteiger partial charge in [0.2, 0.25) is 0 Å². The molecule has 68 heavy (non-hydrogen) atoms. The van der Waals surface area contributed by atoms with Crippen LogP contribution in [0.5, 0.6) is 0 Å². The van der Waals surface area contributed by atoms with Gasteiger partial charge in [0.1, 0.15) is 0 Å². The van der Waals surface area contributed by atoms with Crippen molar-refractivity contribution in [3.63, 3.8) is 0 Å². The molecule has 14 heteroatoms. The lowest BCUT2D eigenvalue weighted by Gasteiger charge is -2.43. The Morgan fingerprint density at radius 2 is 1.09 bits per heavy atom. The van der Waals surface area contributed by atoms with Crippen LogP contribution in [-0.2, 0) is 45.6 Å². The number of rotatable bonds is 13. The van der Waals surface area contributed by atoms with Crippen molar-refractivity contribution in [2.75, 3.05) is 38.6 Å². The van der Waals surface area contributed by atoms with Crippen molar-refractivity contribution in [3.05, 3.63) is 140 Å². The van der Waals surface area contributed by atoms with Crippen molar-refractivity contribution < 1.29 is 35.9 Å². The highest BCUT2D eigenvalue weighted by atomic mass is 35.5. The largest absolute Gasteiger partial charge is 0.416 e. The zero-order valence-corrected chi connectivity index (χ0v) is 40.9. The fourth-order valence-corrected chi connectivity index (χ4v) is 10.2. The van der Waals surface area contributed by atoms with Crippen molar-refractivity contribution in [3.8, 4) is 6.07 Å². The molecule has 0 amide bonds. The van der Waals surface area contributed by atoms with E-state index >= 15 is 0 Å². The zero-order chi connectivity index (χ0) is 49.4. The molecule has 8 rings (SSSR count). The number of carbonyl (C=O) groups excluding carboxylic acids is 2. The molecule has 4 aromatic rings. The van der Waals surface area contributed by atoms with Crippen molar-refractivity contribution in [2.24, 2.45) is 11.8 Å². The van der Waals surface area contributed by atoms with Gasteiger partial charge in [0, 0.05) is 23.5 Å². The Labute approximate surface area is 412 Å². The van der Waals surface area contributed by atoms with Crippen LogP contribution in [0.15, 0.2) is 97.1 Å². The molecule has 0 spiro atoms. The van der Waals surface area contributed by atoms with Gasteiger partial charge in [-0.25, -0.2) is 0 Å². The van der Waals surface area contributed by atoms with Gasteiger partial charge in [-0.3, -0.25) is 14.5 Å². The van der Waals surface area contributed by atoms with E-state index in [4.69, 9.17) is 40.1 Å². The first-order valence-corrected chi connectivity index (χ1v) is 24.9. The number of carbonyl (C=O) groups is 2. The number of hydrogen-bond acceptors (Lipinski definition) is 5. The van der Waals surface area contributed by atoms with E-state index in [2.05, 4.69) is 10.2 Å². The predicted molar refractivity (Wildman–Crippen MR) is 260 cm³/mol. The van der Waals surface area contributed by atoms with E-state index in [1.165, 1.54) is 31.9 Å². The highest BCUT2D eigenvalue weighted by molar-refractivity contribution is 6.31. The quantitative estimate of drug-likeness (QED) is 0.107. The molecule has 0 bridgehead atoms. The molecule has 5 nitrogen and oxygen atoms in total. The summed E-state index contributed by atoms with van der Waals surface area (Å²) in [4.78, 5) is 27.4. The number of Topliss-reactive ketones (excluding diaryl/α,β-unsaturated/α-hetero) is 2. The van der Waals surface area contributed by atoms with Crippen LogP contribution in [0, 0.1) is 23.2 Å². The molecule has 368 valence electrons. The van der Waals surface area contributed by atoms with Gasteiger partial charge < -0.3 is 5.32 Å². The van der Waals surface area contributed by atoms with Crippen LogP contribution in [0.3, 0.4) is 0 Å². The van der Waals surface area contributed by atoms with Gasteiger partial charge in [-0.1, -0.05) is 84.6 Å². The smallest absolute Gasteiger partial charge is 0.316 e. The summed E-state index contributed by atoms with van der Waals surface area (Å²) in [7, 11) is 0. The number of piperidine rings is 2. The van der Waals surface area contributed by atoms with Crippen LogP contribution in [0.2, 0.25) is 10.0 Å². The second-order valence-electron chi connectivity index (χ2n) is 18.5. The predicted octanol–water partition coefficient (Wildman–Crippen LogP) is 14.4. The molecule has 2 heterocycles. The summed E-state index contributed by atoms with van der Waals surface area (Å²) in [5.41, 5.74) is 2.22. The van der Waals surface area contributed by atoms with Gasteiger partial charge in [0.25, 0.3) is 0 Å². The average Bonchev–Trinajstić information content (AvgIpc) is 3.29. The van der Waals surface area contributed by atoms with E-state index < -0.39 is 23.5 Å². The van der Waals surface area contributed by atoms with E-state index in [0.29, 0.717) is 34.2 Å². The summed E-state index contributed by atoms with van der Waals surface area (Å²) in [5.74, 6) is 1.67. The van der Waals surface area contributed by atoms with E-state index in [-0.39, 0.29) is 22.5 Å². The summed E-state index contributed by atoms with van der Waals surface area (Å²) in [5, 5.41) is 12.1. The van der Waals surface area contributed by atoms with Crippen LogP contribution in [0.25, 0.3) is 0 Å². The second-order valence-corrected chi connectivity index (χ2v) is 19.7. The number of nitrogens with one attached hydrogen (secondary N) is 1. The molecule has 2 aliphatic carbocycles. The molecule has 4 fully saturated rings. The molecule has 4 aliphatic rings. The Bertz CT molecular complexity index is 2210. The van der Waals surface area contributed by atoms with Gasteiger partial charge >= 0.3 is 12.4 Å². The zero-order valence-electron chi connectivity index (χ0n) is 38.6. The molecule has 0 aromatic heterocycles. The maximum absolute atomic E-state index is 13.3. The Balaban J connectivity index is 0.000000202. The lowest BCUT2D eigenvalue weighted by molar-refractivity contribution is -0.138. The summed E-state index contributed by atoms with van der Waals surface area (Å²) < 4.78 is 75.4. The number of nitriles is 1. The number of aryl methyl sites for hydroxylation is 2. The van der Waals surface area contributed by atoms with Crippen LogP contribution in [-0.4, -0.2) is 55.1 Å². The molecule has 4 aromatic carbocycles. The molecule has 2 saturated heterocycles. The Kier molecular flexibility index (Phi) is 20.9. The summed E-state index contributed by atoms with van der Waals surface area (Å²) in [6.45, 7) is 5.85. The molecule has 2 atom stereocenters. The number of benzene rings is 4. The van der Waals surface area contributed by atoms with Crippen LogP contribution >= 0.6 is 34.8 Å². The van der Waals surface area contributed by atoms with Crippen molar-refractivity contribution in [1.29, 1.82) is 5.26 Å². The SMILES string of the molecule is CC#N.FC(F)(F)c1ccc(CCC2CCCNC2)cc1.O=C(CCl)C1(c2ccc(Cl)cc2)CCC1.O=C(CN1CCCC(CCc2ccc(C(F)(F)F)cc2)C1)C1(c2ccc(Cl)cc2)CCC1. The minimum atomic E-state index is -4.29. The first-order chi connectivity index (χ1) is 32.4. The van der Waals surface area contributed by atoms with E-state index in [1.54, 1.807) is 30.3 Å². The van der Waals surface area contributed by atoms with Crippen LogP contribution in [0.1, 0.15) is 117 Å². The Morgan fingerprint density at radius 3 is 1.47 bits per heavy atom. The fraction of sp³-hybridized carbons (Fsp3) is 0.500. The van der Waals surface area contributed by atoms with Gasteiger partial charge in [0.05, 0.1) is 40.5 Å². The van der Waals surface area contributed by atoms with Crippen molar-refractivity contribution >= 4 is 46.4 Å². The van der Waals surface area contributed by atoms with Gasteiger partial charge in [-0.05, 0) is 179 Å². The molecule has 1 N–H and O–H groups in total. The van der Waals surface area contributed by atoms with Gasteiger partial charge in [-0.15, -0.1) is 11.6 Å². The molecule has 0 radical (unpaired) electrons. The van der Waals surface area contributed by atoms with E-state index in [0.717, 1.165) is 138 Å². The van der Waals surface area contributed by atoms with Gasteiger partial charge in [-0.2, -0.15) is 31.6 Å². The molecule has 2 aliphatic heterocycles. The molecular formula is C54H62Cl3F6N3O2. The van der Waals surface area contributed by atoms with Gasteiger partial charge in [0.15, 0.2) is 11.6 Å². The number of halogens is 9. The van der Waals surface area contributed by atoms with E-state index in [1.807, 2.05) is 48.5 Å². The van der Waals surface area contributed by atoms with Crippen LogP contribution < -0.4 is 5.32 Å². The Hall–Kier alpha value is -3.92. The second kappa shape index (κ2) is 25.8. The van der Waals surface area contributed by atoms with E-state index in [9.17, 15) is 35.9 Å².